The van der Waals surface area contributed by atoms with Gasteiger partial charge in [0, 0.05) is 6.42 Å². The lowest BCUT2D eigenvalue weighted by atomic mass is 10.3. The molecule has 0 N–H and O–H groups in total. The minimum atomic E-state index is 0.184. The predicted molar refractivity (Wildman–Crippen MR) is 43.8 cm³/mol. The van der Waals surface area contributed by atoms with Crippen LogP contribution in [-0.2, 0) is 4.79 Å². The molecule has 0 aromatic rings. The Balaban J connectivity index is 3.46. The molecule has 54 valence electrons. The third-order valence-corrected chi connectivity index (χ3v) is 0.900. The monoisotopic (exact) mass is 136 g/mol. The van der Waals surface area contributed by atoms with Gasteiger partial charge in [0.05, 0.1) is 0 Å². The number of hydrogen-bond donors (Lipinski definition) is 0. The topological polar surface area (TPSA) is 17.1 Å². The fraction of sp³-hybridized carbons (Fsp3) is 0.222. The first-order valence-corrected chi connectivity index (χ1v) is 3.21. The Morgan fingerprint density at radius 2 is 2.10 bits per heavy atom. The quantitative estimate of drug-likeness (QED) is 0.542. The first-order valence-electron chi connectivity index (χ1n) is 3.21. The van der Waals surface area contributed by atoms with Crippen molar-refractivity contribution in [1.82, 2.24) is 0 Å². The maximum atomic E-state index is 10.4. The highest BCUT2D eigenvalue weighted by atomic mass is 16.1. The second-order valence-corrected chi connectivity index (χ2v) is 1.95. The highest BCUT2D eigenvalue weighted by molar-refractivity contribution is 5.76. The van der Waals surface area contributed by atoms with Crippen LogP contribution in [0.25, 0.3) is 0 Å². The molecule has 10 heavy (non-hydrogen) atoms. The van der Waals surface area contributed by atoms with E-state index in [0.717, 1.165) is 0 Å². The standard InChI is InChI=1S/C9H12O/c1-3-4-5-6-7-8-9(2)10/h3-7H,1,8H2,2H3. The molecule has 1 heteroatoms. The fourth-order valence-corrected chi connectivity index (χ4v) is 0.455. The van der Waals surface area contributed by atoms with Crippen molar-refractivity contribution in [3.05, 3.63) is 37.0 Å². The van der Waals surface area contributed by atoms with E-state index in [2.05, 4.69) is 6.58 Å². The van der Waals surface area contributed by atoms with Crippen molar-refractivity contribution in [2.24, 2.45) is 0 Å². The van der Waals surface area contributed by atoms with E-state index in [-0.39, 0.29) is 5.78 Å². The molecule has 0 aromatic carbocycles. The number of Topliss-reactive ketones (excluding diaryl/α,β-unsaturated/α-hetero) is 1. The van der Waals surface area contributed by atoms with E-state index >= 15 is 0 Å². The average Bonchev–Trinajstić information content (AvgIpc) is 1.87. The Kier molecular flexibility index (Phi) is 5.35. The summed E-state index contributed by atoms with van der Waals surface area (Å²) in [7, 11) is 0. The molecule has 0 rings (SSSR count). The smallest absolute Gasteiger partial charge is 0.133 e. The molecule has 0 aromatic heterocycles. The lowest BCUT2D eigenvalue weighted by Gasteiger charge is -1.79. The van der Waals surface area contributed by atoms with Gasteiger partial charge in [-0.05, 0) is 6.92 Å². The lowest BCUT2D eigenvalue weighted by Crippen LogP contribution is -1.82. The van der Waals surface area contributed by atoms with E-state index in [1.54, 1.807) is 13.0 Å². The third kappa shape index (κ3) is 6.89. The van der Waals surface area contributed by atoms with Crippen molar-refractivity contribution < 1.29 is 4.79 Å². The molecule has 0 aliphatic carbocycles. The average molecular weight is 136 g/mol. The van der Waals surface area contributed by atoms with E-state index < -0.39 is 0 Å². The highest BCUT2D eigenvalue weighted by Gasteiger charge is 1.82. The van der Waals surface area contributed by atoms with Crippen LogP contribution in [0.5, 0.6) is 0 Å². The summed E-state index contributed by atoms with van der Waals surface area (Å²) >= 11 is 0. The molecule has 0 bridgehead atoms. The lowest BCUT2D eigenvalue weighted by molar-refractivity contribution is -0.116. The van der Waals surface area contributed by atoms with Crippen LogP contribution in [0.3, 0.4) is 0 Å². The number of carbonyl (C=O) groups excluding carboxylic acids is 1. The van der Waals surface area contributed by atoms with Crippen LogP contribution in [0.15, 0.2) is 37.0 Å². The fourth-order valence-electron chi connectivity index (χ4n) is 0.455. The molecule has 0 atom stereocenters. The second-order valence-electron chi connectivity index (χ2n) is 1.95. The highest BCUT2D eigenvalue weighted by Crippen LogP contribution is 1.85. The van der Waals surface area contributed by atoms with Crippen molar-refractivity contribution >= 4 is 5.78 Å². The van der Waals surface area contributed by atoms with Crippen LogP contribution in [0.1, 0.15) is 13.3 Å². The zero-order valence-corrected chi connectivity index (χ0v) is 6.21. The van der Waals surface area contributed by atoms with Gasteiger partial charge in [-0.1, -0.05) is 37.0 Å². The van der Waals surface area contributed by atoms with Crippen LogP contribution >= 0.6 is 0 Å². The van der Waals surface area contributed by atoms with Gasteiger partial charge in [-0.15, -0.1) is 0 Å². The first-order chi connectivity index (χ1) is 4.77. The minimum Gasteiger partial charge on any atom is -0.300 e. The van der Waals surface area contributed by atoms with Crippen LogP contribution < -0.4 is 0 Å². The van der Waals surface area contributed by atoms with E-state index in [9.17, 15) is 4.79 Å². The number of allylic oxidation sites excluding steroid dienone is 5. The van der Waals surface area contributed by atoms with Gasteiger partial charge in [-0.25, -0.2) is 0 Å². The first kappa shape index (κ1) is 8.89. The maximum Gasteiger partial charge on any atom is 0.133 e. The molecular weight excluding hydrogens is 124 g/mol. The molecule has 0 saturated carbocycles. The van der Waals surface area contributed by atoms with Crippen molar-refractivity contribution in [3.63, 3.8) is 0 Å². The molecule has 0 aliphatic rings. The van der Waals surface area contributed by atoms with Crippen molar-refractivity contribution in [2.75, 3.05) is 0 Å². The predicted octanol–water partition coefficient (Wildman–Crippen LogP) is 2.26. The van der Waals surface area contributed by atoms with Gasteiger partial charge in [0.1, 0.15) is 5.78 Å². The van der Waals surface area contributed by atoms with Gasteiger partial charge in [0.25, 0.3) is 0 Å². The Hall–Kier alpha value is -1.11. The molecule has 0 radical (unpaired) electrons. The Bertz CT molecular complexity index is 164. The van der Waals surface area contributed by atoms with Crippen molar-refractivity contribution in [3.8, 4) is 0 Å². The van der Waals surface area contributed by atoms with E-state index in [4.69, 9.17) is 0 Å². The normalized spacial score (nSPS) is 10.9. The van der Waals surface area contributed by atoms with Gasteiger partial charge in [0.15, 0.2) is 0 Å². The molecule has 0 saturated heterocycles. The van der Waals surface area contributed by atoms with Crippen LogP contribution in [0.2, 0.25) is 0 Å². The third-order valence-electron chi connectivity index (χ3n) is 0.900. The molecule has 1 nitrogen and oxygen atoms in total. The number of rotatable bonds is 4. The summed E-state index contributed by atoms with van der Waals surface area (Å²) in [6.07, 6.45) is 9.53. The van der Waals surface area contributed by atoms with Crippen LogP contribution in [0, 0.1) is 0 Å². The zero-order chi connectivity index (χ0) is 7.82. The largest absolute Gasteiger partial charge is 0.300 e. The molecule has 0 spiro atoms. The number of carbonyl (C=O) groups is 1. The summed E-state index contributed by atoms with van der Waals surface area (Å²) in [5.74, 6) is 0.184. The van der Waals surface area contributed by atoms with Gasteiger partial charge in [-0.3, -0.25) is 4.79 Å². The maximum absolute atomic E-state index is 10.4. The molecular formula is C9H12O. The van der Waals surface area contributed by atoms with Crippen molar-refractivity contribution in [1.29, 1.82) is 0 Å². The Morgan fingerprint density at radius 3 is 2.60 bits per heavy atom. The molecule has 0 heterocycles. The molecule has 0 fully saturated rings. The Labute approximate surface area is 61.8 Å². The summed E-state index contributed by atoms with van der Waals surface area (Å²) in [4.78, 5) is 10.4. The summed E-state index contributed by atoms with van der Waals surface area (Å²) < 4.78 is 0. The Morgan fingerprint density at radius 1 is 1.40 bits per heavy atom. The van der Waals surface area contributed by atoms with Gasteiger partial charge >= 0.3 is 0 Å². The number of hydrogen-bond acceptors (Lipinski definition) is 1. The summed E-state index contributed by atoms with van der Waals surface area (Å²) in [6.45, 7) is 5.08. The second kappa shape index (κ2) is 6.02. The van der Waals surface area contributed by atoms with Crippen LogP contribution in [-0.4, -0.2) is 5.78 Å². The summed E-state index contributed by atoms with van der Waals surface area (Å²) in [6, 6.07) is 0. The van der Waals surface area contributed by atoms with E-state index in [1.165, 1.54) is 0 Å². The molecule has 0 unspecified atom stereocenters. The molecule has 0 amide bonds. The number of ketones is 1. The van der Waals surface area contributed by atoms with Gasteiger partial charge in [-0.2, -0.15) is 0 Å². The van der Waals surface area contributed by atoms with E-state index in [1.807, 2.05) is 24.3 Å². The SMILES string of the molecule is C=CC=CC=CCC(C)=O. The van der Waals surface area contributed by atoms with Crippen LogP contribution in [0.4, 0.5) is 0 Å². The summed E-state index contributed by atoms with van der Waals surface area (Å²) in [5, 5.41) is 0. The van der Waals surface area contributed by atoms with Crippen molar-refractivity contribution in [2.45, 2.75) is 13.3 Å². The zero-order valence-electron chi connectivity index (χ0n) is 6.21. The summed E-state index contributed by atoms with van der Waals surface area (Å²) in [5.41, 5.74) is 0. The molecule has 0 aliphatic heterocycles. The minimum absolute atomic E-state index is 0.184. The van der Waals surface area contributed by atoms with Gasteiger partial charge in [0.2, 0.25) is 0 Å². The van der Waals surface area contributed by atoms with Gasteiger partial charge < -0.3 is 0 Å². The van der Waals surface area contributed by atoms with E-state index in [0.29, 0.717) is 6.42 Å².